The SMILES string of the molecule is COc1ccccc1OCCC1(C(C)Cl)CC1. The zero-order valence-corrected chi connectivity index (χ0v) is 11.2. The van der Waals surface area contributed by atoms with Gasteiger partial charge in [-0.15, -0.1) is 11.6 Å². The largest absolute Gasteiger partial charge is 0.493 e. The van der Waals surface area contributed by atoms with E-state index in [1.54, 1.807) is 7.11 Å². The fourth-order valence-corrected chi connectivity index (χ4v) is 2.44. The van der Waals surface area contributed by atoms with Gasteiger partial charge in [0.25, 0.3) is 0 Å². The van der Waals surface area contributed by atoms with Crippen LogP contribution in [0.25, 0.3) is 0 Å². The summed E-state index contributed by atoms with van der Waals surface area (Å²) < 4.78 is 11.0. The van der Waals surface area contributed by atoms with Crippen LogP contribution in [0.4, 0.5) is 0 Å². The fraction of sp³-hybridized carbons (Fsp3) is 0.571. The average molecular weight is 255 g/mol. The van der Waals surface area contributed by atoms with Crippen LogP contribution in [0.5, 0.6) is 11.5 Å². The van der Waals surface area contributed by atoms with E-state index in [-0.39, 0.29) is 5.38 Å². The van der Waals surface area contributed by atoms with Gasteiger partial charge in [0.15, 0.2) is 11.5 Å². The van der Waals surface area contributed by atoms with Gasteiger partial charge < -0.3 is 9.47 Å². The van der Waals surface area contributed by atoms with Crippen molar-refractivity contribution in [3.05, 3.63) is 24.3 Å². The lowest BCUT2D eigenvalue weighted by molar-refractivity contribution is 0.255. The second-order valence-corrected chi connectivity index (χ2v) is 5.38. The molecule has 0 aromatic heterocycles. The first kappa shape index (κ1) is 12.6. The standard InChI is InChI=1S/C14H19ClO2/c1-11(15)14(7-8-14)9-10-17-13-6-4-3-5-12(13)16-2/h3-6,11H,7-10H2,1-2H3. The van der Waals surface area contributed by atoms with E-state index in [9.17, 15) is 0 Å². The first-order valence-electron chi connectivity index (χ1n) is 6.08. The Bertz CT molecular complexity index is 372. The fourth-order valence-electron chi connectivity index (χ4n) is 2.11. The van der Waals surface area contributed by atoms with Crippen molar-refractivity contribution < 1.29 is 9.47 Å². The van der Waals surface area contributed by atoms with Gasteiger partial charge in [0, 0.05) is 5.38 Å². The predicted molar refractivity (Wildman–Crippen MR) is 70.1 cm³/mol. The highest BCUT2D eigenvalue weighted by Crippen LogP contribution is 2.53. The third kappa shape index (κ3) is 2.86. The first-order chi connectivity index (χ1) is 8.18. The van der Waals surface area contributed by atoms with E-state index in [1.807, 2.05) is 24.3 Å². The minimum absolute atomic E-state index is 0.240. The van der Waals surface area contributed by atoms with E-state index in [0.29, 0.717) is 12.0 Å². The van der Waals surface area contributed by atoms with Gasteiger partial charge in [0.1, 0.15) is 0 Å². The summed E-state index contributed by atoms with van der Waals surface area (Å²) in [5, 5.41) is 0.240. The maximum Gasteiger partial charge on any atom is 0.161 e. The summed E-state index contributed by atoms with van der Waals surface area (Å²) >= 11 is 6.19. The van der Waals surface area contributed by atoms with Gasteiger partial charge in [-0.1, -0.05) is 12.1 Å². The van der Waals surface area contributed by atoms with Gasteiger partial charge >= 0.3 is 0 Å². The van der Waals surface area contributed by atoms with Crippen LogP contribution in [-0.4, -0.2) is 19.1 Å². The van der Waals surface area contributed by atoms with Crippen LogP contribution in [0.2, 0.25) is 0 Å². The van der Waals surface area contributed by atoms with Crippen molar-refractivity contribution in [2.75, 3.05) is 13.7 Å². The maximum absolute atomic E-state index is 6.19. The Morgan fingerprint density at radius 3 is 2.47 bits per heavy atom. The Kier molecular flexibility index (Phi) is 3.82. The van der Waals surface area contributed by atoms with E-state index in [1.165, 1.54) is 12.8 Å². The van der Waals surface area contributed by atoms with E-state index in [0.717, 1.165) is 17.9 Å². The first-order valence-corrected chi connectivity index (χ1v) is 6.51. The summed E-state index contributed by atoms with van der Waals surface area (Å²) in [6.45, 7) is 2.79. The zero-order valence-electron chi connectivity index (χ0n) is 10.4. The minimum Gasteiger partial charge on any atom is -0.493 e. The number of benzene rings is 1. The third-order valence-electron chi connectivity index (χ3n) is 3.66. The second kappa shape index (κ2) is 5.18. The van der Waals surface area contributed by atoms with Crippen LogP contribution in [0.15, 0.2) is 24.3 Å². The summed E-state index contributed by atoms with van der Waals surface area (Å²) in [5.74, 6) is 1.60. The lowest BCUT2D eigenvalue weighted by atomic mass is 9.99. The Morgan fingerprint density at radius 1 is 1.29 bits per heavy atom. The summed E-state index contributed by atoms with van der Waals surface area (Å²) in [6.07, 6.45) is 3.48. The highest BCUT2D eigenvalue weighted by molar-refractivity contribution is 6.21. The number of halogens is 1. The molecule has 1 atom stereocenters. The average Bonchev–Trinajstić information content (AvgIpc) is 3.11. The number of alkyl halides is 1. The number of ether oxygens (including phenoxy) is 2. The molecule has 1 aromatic carbocycles. The normalized spacial score (nSPS) is 18.5. The van der Waals surface area contributed by atoms with Crippen molar-refractivity contribution in [1.82, 2.24) is 0 Å². The smallest absolute Gasteiger partial charge is 0.161 e. The van der Waals surface area contributed by atoms with Crippen LogP contribution < -0.4 is 9.47 Å². The molecule has 1 aliphatic rings. The highest BCUT2D eigenvalue weighted by atomic mass is 35.5. The van der Waals surface area contributed by atoms with E-state index < -0.39 is 0 Å². The van der Waals surface area contributed by atoms with Crippen LogP contribution in [0.1, 0.15) is 26.2 Å². The number of rotatable bonds is 6. The molecule has 1 aromatic rings. The Balaban J connectivity index is 1.86. The number of methoxy groups -OCH3 is 1. The third-order valence-corrected chi connectivity index (χ3v) is 4.13. The summed E-state index contributed by atoms with van der Waals surface area (Å²) in [5.41, 5.74) is 0.323. The van der Waals surface area contributed by atoms with Gasteiger partial charge in [-0.3, -0.25) is 0 Å². The summed E-state index contributed by atoms with van der Waals surface area (Å²) in [4.78, 5) is 0. The molecule has 17 heavy (non-hydrogen) atoms. The summed E-state index contributed by atoms with van der Waals surface area (Å²) in [7, 11) is 1.66. The molecule has 0 radical (unpaired) electrons. The van der Waals surface area contributed by atoms with Crippen molar-refractivity contribution in [2.24, 2.45) is 5.41 Å². The lowest BCUT2D eigenvalue weighted by Crippen LogP contribution is -2.16. The molecule has 0 saturated heterocycles. The Morgan fingerprint density at radius 2 is 1.94 bits per heavy atom. The topological polar surface area (TPSA) is 18.5 Å². The summed E-state index contributed by atoms with van der Waals surface area (Å²) in [6, 6.07) is 7.73. The Labute approximate surface area is 108 Å². The molecule has 0 N–H and O–H groups in total. The second-order valence-electron chi connectivity index (χ2n) is 4.73. The molecule has 3 heteroatoms. The van der Waals surface area contributed by atoms with Crippen molar-refractivity contribution in [3.63, 3.8) is 0 Å². The van der Waals surface area contributed by atoms with E-state index in [4.69, 9.17) is 21.1 Å². The van der Waals surface area contributed by atoms with Crippen molar-refractivity contribution in [2.45, 2.75) is 31.6 Å². The number of hydrogen-bond acceptors (Lipinski definition) is 2. The molecular weight excluding hydrogens is 236 g/mol. The highest BCUT2D eigenvalue weighted by Gasteiger charge is 2.46. The molecule has 1 aliphatic carbocycles. The van der Waals surface area contributed by atoms with Gasteiger partial charge in [-0.2, -0.15) is 0 Å². The molecule has 0 amide bonds. The van der Waals surface area contributed by atoms with Crippen molar-refractivity contribution in [1.29, 1.82) is 0 Å². The monoisotopic (exact) mass is 254 g/mol. The number of hydrogen-bond donors (Lipinski definition) is 0. The lowest BCUT2D eigenvalue weighted by Gasteiger charge is -2.18. The van der Waals surface area contributed by atoms with Crippen LogP contribution >= 0.6 is 11.6 Å². The van der Waals surface area contributed by atoms with E-state index in [2.05, 4.69) is 6.92 Å². The minimum atomic E-state index is 0.240. The quantitative estimate of drug-likeness (QED) is 0.718. The maximum atomic E-state index is 6.19. The van der Waals surface area contributed by atoms with Crippen LogP contribution in [0.3, 0.4) is 0 Å². The van der Waals surface area contributed by atoms with Crippen LogP contribution in [-0.2, 0) is 0 Å². The molecule has 2 rings (SSSR count). The molecule has 1 fully saturated rings. The van der Waals surface area contributed by atoms with Gasteiger partial charge in [-0.05, 0) is 43.7 Å². The molecule has 0 heterocycles. The predicted octanol–water partition coefficient (Wildman–Crippen LogP) is 3.87. The molecule has 0 aliphatic heterocycles. The van der Waals surface area contributed by atoms with Crippen LogP contribution in [0, 0.1) is 5.41 Å². The van der Waals surface area contributed by atoms with Gasteiger partial charge in [-0.25, -0.2) is 0 Å². The molecule has 2 nitrogen and oxygen atoms in total. The van der Waals surface area contributed by atoms with Crippen molar-refractivity contribution in [3.8, 4) is 11.5 Å². The zero-order chi connectivity index (χ0) is 12.3. The number of para-hydroxylation sites is 2. The van der Waals surface area contributed by atoms with Gasteiger partial charge in [0.2, 0.25) is 0 Å². The molecule has 94 valence electrons. The Hall–Kier alpha value is -0.890. The molecule has 1 saturated carbocycles. The molecular formula is C14H19ClO2. The molecule has 0 spiro atoms. The van der Waals surface area contributed by atoms with Gasteiger partial charge in [0.05, 0.1) is 13.7 Å². The van der Waals surface area contributed by atoms with Crippen molar-refractivity contribution >= 4 is 11.6 Å². The van der Waals surface area contributed by atoms with E-state index >= 15 is 0 Å². The molecule has 1 unspecified atom stereocenters. The molecule has 0 bridgehead atoms.